The number of rotatable bonds is 6. The summed E-state index contributed by atoms with van der Waals surface area (Å²) in [4.78, 5) is 0. The first kappa shape index (κ1) is 10.2. The summed E-state index contributed by atoms with van der Waals surface area (Å²) in [6.07, 6.45) is 8.47. The van der Waals surface area contributed by atoms with Crippen LogP contribution in [0.2, 0.25) is 0 Å². The summed E-state index contributed by atoms with van der Waals surface area (Å²) in [6.45, 7) is 11.1. The molecule has 1 nitrogen and oxygen atoms in total. The van der Waals surface area contributed by atoms with Crippen molar-refractivity contribution in [3.05, 3.63) is 38.0 Å². The van der Waals surface area contributed by atoms with E-state index >= 15 is 0 Å². The first-order valence-corrected chi connectivity index (χ1v) is 3.86. The fourth-order valence-electron chi connectivity index (χ4n) is 1.17. The minimum atomic E-state index is 0.0469. The highest BCUT2D eigenvalue weighted by Gasteiger charge is 2.23. The largest absolute Gasteiger partial charge is 0.352 e. The Bertz CT molecular complexity index is 120. The van der Waals surface area contributed by atoms with Crippen molar-refractivity contribution >= 4 is 0 Å². The minimum Gasteiger partial charge on any atom is -0.352 e. The van der Waals surface area contributed by atoms with Crippen molar-refractivity contribution in [1.29, 1.82) is 0 Å². The zero-order valence-corrected chi connectivity index (χ0v) is 7.18. The van der Waals surface area contributed by atoms with Crippen LogP contribution in [-0.2, 0) is 0 Å². The van der Waals surface area contributed by atoms with Gasteiger partial charge in [-0.2, -0.15) is 0 Å². The Morgan fingerprint density at radius 2 is 1.18 bits per heavy atom. The fraction of sp³-hybridized carbons (Fsp3) is 0.400. The molecule has 0 aromatic heterocycles. The van der Waals surface area contributed by atoms with Gasteiger partial charge < -0.3 is 5.73 Å². The van der Waals surface area contributed by atoms with Crippen LogP contribution in [0.25, 0.3) is 0 Å². The Labute approximate surface area is 69.3 Å². The molecule has 0 aliphatic carbocycles. The van der Waals surface area contributed by atoms with Gasteiger partial charge in [-0.05, 0) is 0 Å². The van der Waals surface area contributed by atoms with E-state index in [4.69, 9.17) is 0 Å². The van der Waals surface area contributed by atoms with Crippen LogP contribution in [0, 0.1) is 0 Å². The standard InChI is InChI=1S/C10H17N/c1-4-7-10(11,8-5-2)9-6-3/h4-6H,1-3,7-9,11H2/p+1. The third kappa shape index (κ3) is 3.79. The lowest BCUT2D eigenvalue weighted by Crippen LogP contribution is -2.71. The molecule has 1 heteroatoms. The molecule has 0 amide bonds. The number of quaternary nitrogens is 1. The van der Waals surface area contributed by atoms with Crippen LogP contribution < -0.4 is 5.73 Å². The van der Waals surface area contributed by atoms with Gasteiger partial charge in [0.15, 0.2) is 0 Å². The van der Waals surface area contributed by atoms with Gasteiger partial charge in [-0.3, -0.25) is 0 Å². The zero-order chi connectivity index (χ0) is 8.74. The highest BCUT2D eigenvalue weighted by Crippen LogP contribution is 2.15. The van der Waals surface area contributed by atoms with Gasteiger partial charge in [0, 0.05) is 19.3 Å². The van der Waals surface area contributed by atoms with Crippen LogP contribution in [-0.4, -0.2) is 5.54 Å². The van der Waals surface area contributed by atoms with E-state index in [2.05, 4.69) is 25.5 Å². The molecule has 0 bridgehead atoms. The van der Waals surface area contributed by atoms with E-state index in [-0.39, 0.29) is 5.54 Å². The highest BCUT2D eigenvalue weighted by molar-refractivity contribution is 4.94. The van der Waals surface area contributed by atoms with E-state index in [9.17, 15) is 0 Å². The van der Waals surface area contributed by atoms with Gasteiger partial charge in [0.1, 0.15) is 5.54 Å². The van der Waals surface area contributed by atoms with Crippen molar-refractivity contribution in [2.75, 3.05) is 0 Å². The molecular weight excluding hydrogens is 134 g/mol. The maximum absolute atomic E-state index is 4.12. The summed E-state index contributed by atoms with van der Waals surface area (Å²) < 4.78 is 0. The number of hydrogen-bond acceptors (Lipinski definition) is 0. The van der Waals surface area contributed by atoms with E-state index in [0.717, 1.165) is 19.3 Å². The van der Waals surface area contributed by atoms with E-state index in [0.29, 0.717) is 0 Å². The lowest BCUT2D eigenvalue weighted by Gasteiger charge is -2.20. The monoisotopic (exact) mass is 152 g/mol. The van der Waals surface area contributed by atoms with Crippen molar-refractivity contribution in [2.45, 2.75) is 24.8 Å². The Balaban J connectivity index is 4.09. The van der Waals surface area contributed by atoms with Crippen LogP contribution in [0.3, 0.4) is 0 Å². The summed E-state index contributed by atoms with van der Waals surface area (Å²) in [7, 11) is 0. The molecule has 0 aliphatic rings. The Hall–Kier alpha value is -0.820. The second-order valence-corrected chi connectivity index (χ2v) is 2.98. The van der Waals surface area contributed by atoms with Gasteiger partial charge in [-0.25, -0.2) is 0 Å². The quantitative estimate of drug-likeness (QED) is 0.561. The molecule has 0 radical (unpaired) electrons. The maximum Gasteiger partial charge on any atom is 0.105 e. The molecule has 0 saturated heterocycles. The SMILES string of the molecule is C=CCC([NH3+])(CC=C)CC=C. The third-order valence-corrected chi connectivity index (χ3v) is 1.73. The molecule has 0 fully saturated rings. The van der Waals surface area contributed by atoms with Crippen LogP contribution in [0.15, 0.2) is 38.0 Å². The van der Waals surface area contributed by atoms with Gasteiger partial charge in [0.25, 0.3) is 0 Å². The number of hydrogen-bond donors (Lipinski definition) is 1. The molecular formula is C10H18N+. The molecule has 3 N–H and O–H groups in total. The van der Waals surface area contributed by atoms with E-state index in [1.165, 1.54) is 0 Å². The molecule has 0 aliphatic heterocycles. The maximum atomic E-state index is 4.12. The summed E-state index contributed by atoms with van der Waals surface area (Å²) in [5.74, 6) is 0. The zero-order valence-electron chi connectivity index (χ0n) is 7.18. The second kappa shape index (κ2) is 4.91. The van der Waals surface area contributed by atoms with Crippen molar-refractivity contribution in [1.82, 2.24) is 0 Å². The van der Waals surface area contributed by atoms with Gasteiger partial charge in [-0.15, -0.1) is 19.7 Å². The average Bonchev–Trinajstić information content (AvgIpc) is 1.88. The Morgan fingerprint density at radius 1 is 0.909 bits per heavy atom. The average molecular weight is 152 g/mol. The predicted molar refractivity (Wildman–Crippen MR) is 50.1 cm³/mol. The summed E-state index contributed by atoms with van der Waals surface area (Å²) in [6, 6.07) is 0. The van der Waals surface area contributed by atoms with Crippen molar-refractivity contribution in [3.8, 4) is 0 Å². The normalized spacial score (nSPS) is 10.6. The van der Waals surface area contributed by atoms with Crippen molar-refractivity contribution in [2.24, 2.45) is 0 Å². The molecule has 0 aromatic rings. The molecule has 62 valence electrons. The fourth-order valence-corrected chi connectivity index (χ4v) is 1.17. The van der Waals surface area contributed by atoms with Gasteiger partial charge in [0.2, 0.25) is 0 Å². The predicted octanol–water partition coefficient (Wildman–Crippen LogP) is 1.70. The van der Waals surface area contributed by atoms with Crippen molar-refractivity contribution < 1.29 is 5.73 Å². The van der Waals surface area contributed by atoms with Crippen LogP contribution in [0.1, 0.15) is 19.3 Å². The molecule has 0 rings (SSSR count). The van der Waals surface area contributed by atoms with Crippen molar-refractivity contribution in [3.63, 3.8) is 0 Å². The second-order valence-electron chi connectivity index (χ2n) is 2.98. The van der Waals surface area contributed by atoms with Gasteiger partial charge in [0.05, 0.1) is 0 Å². The molecule has 0 unspecified atom stereocenters. The highest BCUT2D eigenvalue weighted by atomic mass is 14.7. The van der Waals surface area contributed by atoms with Gasteiger partial charge in [-0.1, -0.05) is 18.2 Å². The summed E-state index contributed by atoms with van der Waals surface area (Å²) >= 11 is 0. The summed E-state index contributed by atoms with van der Waals surface area (Å²) in [5, 5.41) is 0. The lowest BCUT2D eigenvalue weighted by atomic mass is 9.89. The Morgan fingerprint density at radius 3 is 1.36 bits per heavy atom. The van der Waals surface area contributed by atoms with E-state index < -0.39 is 0 Å². The van der Waals surface area contributed by atoms with Crippen LogP contribution in [0.5, 0.6) is 0 Å². The third-order valence-electron chi connectivity index (χ3n) is 1.73. The summed E-state index contributed by atoms with van der Waals surface area (Å²) in [5.41, 5.74) is 4.17. The van der Waals surface area contributed by atoms with Crippen LogP contribution >= 0.6 is 0 Å². The molecule has 0 atom stereocenters. The molecule has 0 aromatic carbocycles. The van der Waals surface area contributed by atoms with Gasteiger partial charge >= 0.3 is 0 Å². The van der Waals surface area contributed by atoms with Crippen LogP contribution in [0.4, 0.5) is 0 Å². The molecule has 0 heterocycles. The first-order valence-electron chi connectivity index (χ1n) is 3.86. The smallest absolute Gasteiger partial charge is 0.105 e. The van der Waals surface area contributed by atoms with E-state index in [1.807, 2.05) is 18.2 Å². The molecule has 0 saturated carbocycles. The first-order chi connectivity index (χ1) is 5.18. The topological polar surface area (TPSA) is 27.6 Å². The Kier molecular flexibility index (Phi) is 4.55. The molecule has 0 spiro atoms. The molecule has 11 heavy (non-hydrogen) atoms. The minimum absolute atomic E-state index is 0.0469. The van der Waals surface area contributed by atoms with E-state index in [1.54, 1.807) is 0 Å². The lowest BCUT2D eigenvalue weighted by molar-refractivity contribution is -0.475.